The van der Waals surface area contributed by atoms with Gasteiger partial charge in [0.25, 0.3) is 0 Å². The van der Waals surface area contributed by atoms with E-state index in [2.05, 4.69) is 207 Å². The van der Waals surface area contributed by atoms with Gasteiger partial charge in [-0.05, 0) is 103 Å². The molecule has 6 nitrogen and oxygen atoms in total. The number of aryl methyl sites for hydroxylation is 3. The summed E-state index contributed by atoms with van der Waals surface area (Å²) in [6.45, 7) is 15.4. The van der Waals surface area contributed by atoms with E-state index in [1.165, 1.54) is 44.2 Å². The molecule has 3 aromatic heterocycles. The summed E-state index contributed by atoms with van der Waals surface area (Å²) >= 11 is 0. The number of rotatable bonds is 6. The SMILES string of the molecule is Cc1cc(C)c(N2[CH-]N(c3[c-]c(Oc4[c-]c5c(cc4)c4cc6c(cc4n5-c4cc(C(C)(C)C)ccn4)c4ccccc4n6-c4ccccc4)ccc3)c3ccccc32)c(C)c1.[Pt]. The van der Waals surface area contributed by atoms with Crippen LogP contribution in [0.2, 0.25) is 0 Å². The van der Waals surface area contributed by atoms with Crippen LogP contribution in [0.25, 0.3) is 55.1 Å². The summed E-state index contributed by atoms with van der Waals surface area (Å²) in [5.74, 6) is 2.04. The van der Waals surface area contributed by atoms with Crippen molar-refractivity contribution in [1.29, 1.82) is 0 Å². The molecule has 0 N–H and O–H groups in total. The van der Waals surface area contributed by atoms with Crippen molar-refractivity contribution in [2.45, 2.75) is 47.0 Å². The summed E-state index contributed by atoms with van der Waals surface area (Å²) < 4.78 is 11.3. The van der Waals surface area contributed by atoms with Gasteiger partial charge in [-0.25, -0.2) is 4.98 Å². The Morgan fingerprint density at radius 3 is 1.98 bits per heavy atom. The standard InChI is InChI=1S/C55H44N5O.Pt/c1-35-27-36(2)54(37(3)28-35)58-34-57(48-21-12-13-22-49(48)58)40-17-14-18-41(30-40)61-42-23-24-44-46-32-51-45(43-19-10-11-20-47(43)59(51)39-15-8-7-9-16-39)33-52(46)60(50(44)31-42)53-29-38(25-26-56-53)55(4,5)6;/h7-29,32-34H,1-6H3;/q-3;. The second-order valence-corrected chi connectivity index (χ2v) is 17.2. The van der Waals surface area contributed by atoms with Crippen LogP contribution in [0.4, 0.5) is 22.7 Å². The third kappa shape index (κ3) is 6.48. The normalized spacial score (nSPS) is 12.7. The van der Waals surface area contributed by atoms with Gasteiger partial charge in [0.1, 0.15) is 5.82 Å². The minimum atomic E-state index is -0.0617. The fourth-order valence-corrected chi connectivity index (χ4v) is 9.33. The van der Waals surface area contributed by atoms with Crippen LogP contribution in [0.1, 0.15) is 43.0 Å². The molecule has 0 saturated carbocycles. The van der Waals surface area contributed by atoms with Gasteiger partial charge in [0.2, 0.25) is 0 Å². The average molecular weight is 986 g/mol. The summed E-state index contributed by atoms with van der Waals surface area (Å²) in [5, 5.41) is 4.57. The molecule has 11 rings (SSSR count). The molecule has 0 spiro atoms. The average Bonchev–Trinajstić information content (AvgIpc) is 3.90. The van der Waals surface area contributed by atoms with Crippen LogP contribution in [-0.4, -0.2) is 14.1 Å². The van der Waals surface area contributed by atoms with E-state index >= 15 is 0 Å². The maximum Gasteiger partial charge on any atom is 0.135 e. The van der Waals surface area contributed by atoms with Crippen LogP contribution in [-0.2, 0) is 26.5 Å². The molecule has 308 valence electrons. The first-order chi connectivity index (χ1) is 29.6. The van der Waals surface area contributed by atoms with Gasteiger partial charge in [-0.15, -0.1) is 48.1 Å². The Morgan fingerprint density at radius 2 is 1.23 bits per heavy atom. The van der Waals surface area contributed by atoms with Gasteiger partial charge in [0.05, 0.1) is 11.0 Å². The summed E-state index contributed by atoms with van der Waals surface area (Å²) in [6, 6.07) is 58.8. The van der Waals surface area contributed by atoms with Crippen LogP contribution < -0.4 is 14.5 Å². The predicted octanol–water partition coefficient (Wildman–Crippen LogP) is 14.3. The second-order valence-electron chi connectivity index (χ2n) is 17.2. The van der Waals surface area contributed by atoms with Crippen molar-refractivity contribution in [2.75, 3.05) is 9.80 Å². The Morgan fingerprint density at radius 1 is 0.565 bits per heavy atom. The Kier molecular flexibility index (Phi) is 9.61. The van der Waals surface area contributed by atoms with Gasteiger partial charge in [-0.1, -0.05) is 92.5 Å². The van der Waals surface area contributed by atoms with Crippen LogP contribution in [0.3, 0.4) is 0 Å². The second kappa shape index (κ2) is 15.1. The fourth-order valence-electron chi connectivity index (χ4n) is 9.33. The van der Waals surface area contributed by atoms with Crippen molar-refractivity contribution in [2.24, 2.45) is 0 Å². The smallest absolute Gasteiger partial charge is 0.135 e. The fraction of sp³-hybridized carbons (Fsp3) is 0.127. The van der Waals surface area contributed by atoms with Gasteiger partial charge in [0.15, 0.2) is 0 Å². The molecule has 0 atom stereocenters. The first-order valence-electron chi connectivity index (χ1n) is 20.9. The van der Waals surface area contributed by atoms with Crippen molar-refractivity contribution < 1.29 is 25.8 Å². The van der Waals surface area contributed by atoms with E-state index in [0.29, 0.717) is 11.5 Å². The number of ether oxygens (including phenoxy) is 1. The summed E-state index contributed by atoms with van der Waals surface area (Å²) in [5.41, 5.74) is 14.5. The van der Waals surface area contributed by atoms with Crippen molar-refractivity contribution in [1.82, 2.24) is 14.1 Å². The van der Waals surface area contributed by atoms with Crippen molar-refractivity contribution in [3.63, 3.8) is 0 Å². The van der Waals surface area contributed by atoms with E-state index in [4.69, 9.17) is 9.72 Å². The van der Waals surface area contributed by atoms with Gasteiger partial charge < -0.3 is 23.7 Å². The van der Waals surface area contributed by atoms with E-state index < -0.39 is 0 Å². The molecule has 4 heterocycles. The van der Waals surface area contributed by atoms with E-state index in [0.717, 1.165) is 55.9 Å². The Labute approximate surface area is 376 Å². The number of hydrogen-bond acceptors (Lipinski definition) is 4. The molecule has 0 unspecified atom stereocenters. The number of anilines is 4. The van der Waals surface area contributed by atoms with Crippen molar-refractivity contribution in [3.8, 4) is 23.0 Å². The third-order valence-electron chi connectivity index (χ3n) is 12.0. The molecule has 0 saturated heterocycles. The predicted molar refractivity (Wildman–Crippen MR) is 251 cm³/mol. The number of fused-ring (bicyclic) bond motifs is 7. The van der Waals surface area contributed by atoms with Crippen LogP contribution in [0.5, 0.6) is 11.5 Å². The number of aromatic nitrogens is 3. The zero-order chi connectivity index (χ0) is 41.6. The van der Waals surface area contributed by atoms with Crippen molar-refractivity contribution in [3.05, 3.63) is 193 Å². The zero-order valence-electron chi connectivity index (χ0n) is 35.5. The van der Waals surface area contributed by atoms with Crippen LogP contribution in [0, 0.1) is 39.6 Å². The molecular formula is C55H44N5OPt-3. The van der Waals surface area contributed by atoms with Gasteiger partial charge in [0, 0.05) is 77.8 Å². The third-order valence-corrected chi connectivity index (χ3v) is 12.0. The topological polar surface area (TPSA) is 38.5 Å². The number of nitrogens with zero attached hydrogens (tertiary/aromatic N) is 5. The van der Waals surface area contributed by atoms with E-state index in [-0.39, 0.29) is 26.5 Å². The number of benzene rings is 7. The minimum absolute atomic E-state index is 0. The quantitative estimate of drug-likeness (QED) is 0.156. The Hall–Kier alpha value is -6.62. The first kappa shape index (κ1) is 39.5. The molecule has 7 aromatic carbocycles. The molecule has 0 bridgehead atoms. The molecule has 0 radical (unpaired) electrons. The van der Waals surface area contributed by atoms with E-state index in [9.17, 15) is 0 Å². The maximum atomic E-state index is 6.70. The van der Waals surface area contributed by atoms with Crippen LogP contribution >= 0.6 is 0 Å². The molecule has 7 heteroatoms. The molecule has 10 aromatic rings. The van der Waals surface area contributed by atoms with Gasteiger partial charge in [-0.3, -0.25) is 0 Å². The number of pyridine rings is 1. The molecule has 0 amide bonds. The molecule has 0 fully saturated rings. The Balaban J connectivity index is 0.00000458. The van der Waals surface area contributed by atoms with Gasteiger partial charge in [-0.2, -0.15) is 12.1 Å². The summed E-state index contributed by atoms with van der Waals surface area (Å²) in [7, 11) is 0. The summed E-state index contributed by atoms with van der Waals surface area (Å²) in [4.78, 5) is 9.48. The molecule has 62 heavy (non-hydrogen) atoms. The maximum absolute atomic E-state index is 6.70. The minimum Gasteiger partial charge on any atom is -0.509 e. The largest absolute Gasteiger partial charge is 0.509 e. The molecule has 1 aliphatic heterocycles. The van der Waals surface area contributed by atoms with E-state index in [1.54, 1.807) is 0 Å². The number of para-hydroxylation sites is 4. The van der Waals surface area contributed by atoms with Crippen LogP contribution in [0.15, 0.2) is 152 Å². The van der Waals surface area contributed by atoms with Gasteiger partial charge >= 0.3 is 0 Å². The summed E-state index contributed by atoms with van der Waals surface area (Å²) in [6.07, 6.45) is 1.92. The van der Waals surface area contributed by atoms with E-state index in [1.807, 2.05) is 24.4 Å². The number of hydrogen-bond donors (Lipinski definition) is 0. The molecular weight excluding hydrogens is 942 g/mol. The zero-order valence-corrected chi connectivity index (χ0v) is 37.7. The monoisotopic (exact) mass is 985 g/mol. The Bertz CT molecular complexity index is 3330. The first-order valence-corrected chi connectivity index (χ1v) is 20.9. The molecule has 0 aliphatic carbocycles. The molecule has 1 aliphatic rings. The van der Waals surface area contributed by atoms with Crippen molar-refractivity contribution >= 4 is 66.4 Å².